The number of aromatic amines is 1. The van der Waals surface area contributed by atoms with Crippen molar-refractivity contribution in [1.82, 2.24) is 19.5 Å². The molecule has 3 heterocycles. The Bertz CT molecular complexity index is 999. The first-order valence-electron chi connectivity index (χ1n) is 9.76. The Hall–Kier alpha value is -2.40. The zero-order valence-corrected chi connectivity index (χ0v) is 16.6. The van der Waals surface area contributed by atoms with Gasteiger partial charge < -0.3 is 4.98 Å². The van der Waals surface area contributed by atoms with E-state index < -0.39 is 0 Å². The molecule has 1 aliphatic rings. The molecule has 1 N–H and O–H groups in total. The summed E-state index contributed by atoms with van der Waals surface area (Å²) in [5, 5.41) is 4.63. The maximum atomic E-state index is 12.4. The van der Waals surface area contributed by atoms with Crippen LogP contribution >= 0.6 is 0 Å². The number of piperidine rings is 1. The van der Waals surface area contributed by atoms with Gasteiger partial charge in [-0.15, -0.1) is 0 Å². The molecule has 1 fully saturated rings. The molecule has 0 atom stereocenters. The van der Waals surface area contributed by atoms with E-state index in [0.717, 1.165) is 48.4 Å². The first kappa shape index (κ1) is 18.0. The maximum Gasteiger partial charge on any atom is 0.251 e. The average Bonchev–Trinajstić information content (AvgIpc) is 3.05. The third kappa shape index (κ3) is 3.44. The van der Waals surface area contributed by atoms with Crippen molar-refractivity contribution in [2.75, 3.05) is 13.1 Å². The largest absolute Gasteiger partial charge is 0.306 e. The number of fused-ring (bicyclic) bond motifs is 1. The Labute approximate surface area is 160 Å². The van der Waals surface area contributed by atoms with Crippen molar-refractivity contribution in [3.63, 3.8) is 0 Å². The van der Waals surface area contributed by atoms with Crippen molar-refractivity contribution in [2.45, 2.75) is 52.0 Å². The number of aryl methyl sites for hydroxylation is 1. The minimum Gasteiger partial charge on any atom is -0.306 e. The van der Waals surface area contributed by atoms with Crippen LogP contribution in [-0.4, -0.2) is 38.1 Å². The number of H-pyrrole nitrogens is 1. The summed E-state index contributed by atoms with van der Waals surface area (Å²) in [5.41, 5.74) is 5.23. The highest BCUT2D eigenvalue weighted by Crippen LogP contribution is 2.32. The molecule has 0 radical (unpaired) electrons. The molecule has 0 aliphatic carbocycles. The van der Waals surface area contributed by atoms with Gasteiger partial charge in [-0.3, -0.25) is 9.69 Å². The highest BCUT2D eigenvalue weighted by Gasteiger charge is 2.29. The first-order chi connectivity index (χ1) is 12.8. The molecule has 0 unspecified atom stereocenters. The van der Waals surface area contributed by atoms with Crippen LogP contribution in [0.3, 0.4) is 0 Å². The molecule has 3 aromatic rings. The summed E-state index contributed by atoms with van der Waals surface area (Å²) in [5.74, 6) is 0.360. The third-order valence-electron chi connectivity index (χ3n) is 5.76. The van der Waals surface area contributed by atoms with Gasteiger partial charge in [0, 0.05) is 23.1 Å². The van der Waals surface area contributed by atoms with Crippen molar-refractivity contribution in [3.8, 4) is 11.1 Å². The number of nitrogens with one attached hydrogen (secondary N) is 1. The van der Waals surface area contributed by atoms with Crippen molar-refractivity contribution in [1.29, 1.82) is 0 Å². The lowest BCUT2D eigenvalue weighted by Crippen LogP contribution is -2.46. The van der Waals surface area contributed by atoms with Gasteiger partial charge in [0.2, 0.25) is 0 Å². The fraction of sp³-hybridized carbons (Fsp3) is 0.455. The summed E-state index contributed by atoms with van der Waals surface area (Å²) >= 11 is 0. The normalized spacial score (nSPS) is 16.9. The summed E-state index contributed by atoms with van der Waals surface area (Å²) in [7, 11) is 0. The van der Waals surface area contributed by atoms with E-state index in [1.165, 1.54) is 5.56 Å². The fourth-order valence-corrected chi connectivity index (χ4v) is 4.09. The van der Waals surface area contributed by atoms with Crippen LogP contribution in [0.15, 0.2) is 41.3 Å². The van der Waals surface area contributed by atoms with Crippen molar-refractivity contribution >= 4 is 5.65 Å². The van der Waals surface area contributed by atoms with Gasteiger partial charge in [0.15, 0.2) is 0 Å². The smallest absolute Gasteiger partial charge is 0.251 e. The lowest BCUT2D eigenvalue weighted by molar-refractivity contribution is 0.101. The van der Waals surface area contributed by atoms with Gasteiger partial charge in [-0.2, -0.15) is 5.10 Å². The fourth-order valence-electron chi connectivity index (χ4n) is 4.09. The topological polar surface area (TPSA) is 53.4 Å². The van der Waals surface area contributed by atoms with E-state index in [2.05, 4.69) is 66.9 Å². The second-order valence-corrected chi connectivity index (χ2v) is 8.68. The van der Waals surface area contributed by atoms with Crippen molar-refractivity contribution in [3.05, 3.63) is 58.1 Å². The van der Waals surface area contributed by atoms with Crippen LogP contribution in [0.4, 0.5) is 0 Å². The van der Waals surface area contributed by atoms with Crippen LogP contribution in [-0.2, 0) is 0 Å². The predicted octanol–water partition coefficient (Wildman–Crippen LogP) is 3.98. The highest BCUT2D eigenvalue weighted by molar-refractivity contribution is 5.77. The van der Waals surface area contributed by atoms with Crippen LogP contribution < -0.4 is 5.56 Å². The molecular weight excluding hydrogens is 336 g/mol. The SMILES string of the molecule is Cc1ccc(-c2cnn3c(C4CCN(C(C)(C)C)CC4)cc(=O)[nH]c23)cc1. The lowest BCUT2D eigenvalue weighted by Gasteiger charge is -2.40. The Balaban J connectivity index is 1.71. The summed E-state index contributed by atoms with van der Waals surface area (Å²) in [4.78, 5) is 17.9. The summed E-state index contributed by atoms with van der Waals surface area (Å²) in [6.45, 7) is 11.0. The Kier molecular flexibility index (Phi) is 4.42. The quantitative estimate of drug-likeness (QED) is 0.748. The maximum absolute atomic E-state index is 12.4. The number of rotatable bonds is 2. The van der Waals surface area contributed by atoms with Crippen molar-refractivity contribution < 1.29 is 0 Å². The predicted molar refractivity (Wildman–Crippen MR) is 109 cm³/mol. The van der Waals surface area contributed by atoms with E-state index in [1.807, 2.05) is 10.7 Å². The van der Waals surface area contributed by atoms with Gasteiger partial charge in [0.25, 0.3) is 5.56 Å². The minimum absolute atomic E-state index is 0.0513. The van der Waals surface area contributed by atoms with E-state index in [-0.39, 0.29) is 11.1 Å². The summed E-state index contributed by atoms with van der Waals surface area (Å²) < 4.78 is 1.94. The third-order valence-corrected chi connectivity index (χ3v) is 5.76. The molecule has 0 saturated carbocycles. The molecule has 0 amide bonds. The number of likely N-dealkylation sites (tertiary alicyclic amines) is 1. The molecule has 142 valence electrons. The van der Waals surface area contributed by atoms with Gasteiger partial charge in [-0.25, -0.2) is 4.52 Å². The number of hydrogen-bond donors (Lipinski definition) is 1. The Morgan fingerprint density at radius 2 is 1.78 bits per heavy atom. The van der Waals surface area contributed by atoms with Gasteiger partial charge in [-0.1, -0.05) is 29.8 Å². The molecule has 1 saturated heterocycles. The van der Waals surface area contributed by atoms with Crippen LogP contribution in [0.1, 0.15) is 50.8 Å². The lowest BCUT2D eigenvalue weighted by atomic mass is 9.90. The highest BCUT2D eigenvalue weighted by atomic mass is 16.1. The molecule has 1 aromatic carbocycles. The zero-order valence-electron chi connectivity index (χ0n) is 16.6. The van der Waals surface area contributed by atoms with E-state index >= 15 is 0 Å². The van der Waals surface area contributed by atoms with Gasteiger partial charge in [0.1, 0.15) is 5.65 Å². The van der Waals surface area contributed by atoms with Gasteiger partial charge in [-0.05, 0) is 59.2 Å². The van der Waals surface area contributed by atoms with Crippen LogP contribution in [0.2, 0.25) is 0 Å². The molecule has 0 bridgehead atoms. The van der Waals surface area contributed by atoms with E-state index in [9.17, 15) is 4.79 Å². The Morgan fingerprint density at radius 1 is 1.11 bits per heavy atom. The van der Waals surface area contributed by atoms with Crippen LogP contribution in [0.5, 0.6) is 0 Å². The van der Waals surface area contributed by atoms with E-state index in [1.54, 1.807) is 6.07 Å². The molecule has 2 aromatic heterocycles. The monoisotopic (exact) mass is 364 g/mol. The zero-order chi connectivity index (χ0) is 19.2. The minimum atomic E-state index is -0.0513. The molecule has 27 heavy (non-hydrogen) atoms. The van der Waals surface area contributed by atoms with Crippen molar-refractivity contribution in [2.24, 2.45) is 0 Å². The summed E-state index contributed by atoms with van der Waals surface area (Å²) in [6.07, 6.45) is 3.97. The molecule has 0 spiro atoms. The molecular formula is C22H28N4O. The molecule has 5 heteroatoms. The molecule has 5 nitrogen and oxygen atoms in total. The second kappa shape index (κ2) is 6.64. The number of hydrogen-bond acceptors (Lipinski definition) is 3. The molecule has 1 aliphatic heterocycles. The average molecular weight is 364 g/mol. The number of nitrogens with zero attached hydrogens (tertiary/aromatic N) is 3. The number of benzene rings is 1. The standard InChI is InChI=1S/C22H28N4O/c1-15-5-7-16(8-6-15)18-14-23-26-19(13-20(27)24-21(18)26)17-9-11-25(12-10-17)22(2,3)4/h5-8,13-14,17H,9-12H2,1-4H3,(H,24,27). The van der Waals surface area contributed by atoms with Crippen LogP contribution in [0.25, 0.3) is 16.8 Å². The Morgan fingerprint density at radius 3 is 2.41 bits per heavy atom. The first-order valence-corrected chi connectivity index (χ1v) is 9.76. The second-order valence-electron chi connectivity index (χ2n) is 8.68. The van der Waals surface area contributed by atoms with Gasteiger partial charge in [0.05, 0.1) is 11.9 Å². The van der Waals surface area contributed by atoms with E-state index in [0.29, 0.717) is 5.92 Å². The summed E-state index contributed by atoms with van der Waals surface area (Å²) in [6, 6.07) is 10.1. The van der Waals surface area contributed by atoms with Crippen LogP contribution in [0, 0.1) is 6.92 Å². The molecule has 4 rings (SSSR count). The van der Waals surface area contributed by atoms with Gasteiger partial charge >= 0.3 is 0 Å². The number of aromatic nitrogens is 3. The van der Waals surface area contributed by atoms with E-state index in [4.69, 9.17) is 0 Å².